The Morgan fingerprint density at radius 1 is 1.22 bits per heavy atom. The largest absolute Gasteiger partial charge is 0.480 e. The summed E-state index contributed by atoms with van der Waals surface area (Å²) in [4.78, 5) is 20.0. The summed E-state index contributed by atoms with van der Waals surface area (Å²) in [7, 11) is 0. The minimum Gasteiger partial charge on any atom is -0.480 e. The monoisotopic (exact) mass is 397 g/mol. The molecule has 0 fully saturated rings. The summed E-state index contributed by atoms with van der Waals surface area (Å²) in [5, 5.41) is 14.1. The lowest BCUT2D eigenvalue weighted by Gasteiger charge is -2.06. The van der Waals surface area contributed by atoms with Crippen LogP contribution in [0.4, 0.5) is 5.69 Å². The molecule has 0 radical (unpaired) electrons. The second-order valence-electron chi connectivity index (χ2n) is 6.32. The second-order valence-corrected chi connectivity index (χ2v) is 8.36. The first-order valence-corrected chi connectivity index (χ1v) is 10.6. The van der Waals surface area contributed by atoms with Gasteiger partial charge in [0.2, 0.25) is 0 Å². The lowest BCUT2D eigenvalue weighted by molar-refractivity contribution is -0.137. The molecule has 2 aromatic carbocycles. The number of rotatable bonds is 7. The molecule has 7 heteroatoms. The molecule has 27 heavy (non-hydrogen) atoms. The Morgan fingerprint density at radius 2 is 2.07 bits per heavy atom. The Kier molecular flexibility index (Phi) is 5.40. The van der Waals surface area contributed by atoms with Crippen LogP contribution in [0.1, 0.15) is 17.0 Å². The summed E-state index contributed by atoms with van der Waals surface area (Å²) in [6, 6.07) is 16.0. The van der Waals surface area contributed by atoms with E-state index in [1.165, 1.54) is 17.3 Å². The molecule has 0 amide bonds. The molecule has 0 spiro atoms. The zero-order chi connectivity index (χ0) is 18.6. The van der Waals surface area contributed by atoms with E-state index in [2.05, 4.69) is 45.6 Å². The van der Waals surface area contributed by atoms with Gasteiger partial charge in [0.15, 0.2) is 6.04 Å². The zero-order valence-electron chi connectivity index (χ0n) is 14.6. The molecule has 138 valence electrons. The quantitative estimate of drug-likeness (QED) is 0.582. The molecule has 4 rings (SSSR count). The van der Waals surface area contributed by atoms with Gasteiger partial charge in [0, 0.05) is 18.0 Å². The van der Waals surface area contributed by atoms with Gasteiger partial charge in [-0.2, -0.15) is 0 Å². The Labute approximate surface area is 165 Å². The summed E-state index contributed by atoms with van der Waals surface area (Å²) < 4.78 is 1.08. The first-order valence-electron chi connectivity index (χ1n) is 8.81. The van der Waals surface area contributed by atoms with Crippen LogP contribution in [-0.4, -0.2) is 39.4 Å². The van der Waals surface area contributed by atoms with Crippen molar-refractivity contribution < 1.29 is 9.90 Å². The third-order valence-corrected chi connectivity index (χ3v) is 6.53. The van der Waals surface area contributed by atoms with Gasteiger partial charge in [-0.05, 0) is 36.6 Å². The predicted molar refractivity (Wildman–Crippen MR) is 113 cm³/mol. The molecule has 5 nitrogen and oxygen atoms in total. The number of aliphatic carboxylic acids is 1. The summed E-state index contributed by atoms with van der Waals surface area (Å²) in [5.74, 6) is -0.393. The number of carboxylic acid groups (broad SMARTS) is 1. The number of aliphatic imine (C=N–C) groups is 1. The molecule has 2 heterocycles. The fourth-order valence-electron chi connectivity index (χ4n) is 2.91. The van der Waals surface area contributed by atoms with E-state index >= 15 is 0 Å². The number of carbonyl (C=O) groups is 1. The SMILES string of the molecule is O=C(O)[C@H]1CSC(c2nc3ccc(NCCCc4ccccc4)cc3s2)=N1. The van der Waals surface area contributed by atoms with Crippen molar-refractivity contribution >= 4 is 50.0 Å². The Balaban J connectivity index is 1.39. The lowest BCUT2D eigenvalue weighted by atomic mass is 10.1. The van der Waals surface area contributed by atoms with Crippen molar-refractivity contribution in [3.8, 4) is 0 Å². The van der Waals surface area contributed by atoms with Crippen LogP contribution < -0.4 is 5.32 Å². The number of anilines is 1. The van der Waals surface area contributed by atoms with Crippen molar-refractivity contribution in [2.24, 2.45) is 4.99 Å². The first-order chi connectivity index (χ1) is 13.2. The highest BCUT2D eigenvalue weighted by atomic mass is 32.2. The molecule has 2 N–H and O–H groups in total. The average molecular weight is 398 g/mol. The molecule has 1 aliphatic heterocycles. The van der Waals surface area contributed by atoms with Crippen molar-refractivity contribution in [3.63, 3.8) is 0 Å². The maximum Gasteiger partial charge on any atom is 0.329 e. The van der Waals surface area contributed by atoms with E-state index in [4.69, 9.17) is 5.11 Å². The molecule has 0 unspecified atom stereocenters. The van der Waals surface area contributed by atoms with E-state index in [0.717, 1.165) is 45.3 Å². The van der Waals surface area contributed by atoms with Crippen LogP contribution in [-0.2, 0) is 11.2 Å². The number of nitrogens with one attached hydrogen (secondary N) is 1. The lowest BCUT2D eigenvalue weighted by Crippen LogP contribution is -2.17. The van der Waals surface area contributed by atoms with Crippen molar-refractivity contribution in [2.75, 3.05) is 17.6 Å². The number of fused-ring (bicyclic) bond motifs is 1. The van der Waals surface area contributed by atoms with Gasteiger partial charge in [-0.15, -0.1) is 23.1 Å². The Hall–Kier alpha value is -2.38. The molecule has 3 aromatic rings. The first kappa shape index (κ1) is 18.0. The molecular weight excluding hydrogens is 378 g/mol. The van der Waals surface area contributed by atoms with Gasteiger partial charge in [-0.25, -0.2) is 9.78 Å². The number of hydrogen-bond acceptors (Lipinski definition) is 6. The zero-order valence-corrected chi connectivity index (χ0v) is 16.2. The third-order valence-electron chi connectivity index (χ3n) is 4.32. The normalized spacial score (nSPS) is 16.4. The summed E-state index contributed by atoms with van der Waals surface area (Å²) in [6.45, 7) is 0.912. The fraction of sp³-hybridized carbons (Fsp3) is 0.250. The van der Waals surface area contributed by atoms with Gasteiger partial charge in [-0.3, -0.25) is 4.99 Å². The minimum atomic E-state index is -0.874. The van der Waals surface area contributed by atoms with Crippen LogP contribution in [0.15, 0.2) is 53.5 Å². The third kappa shape index (κ3) is 4.31. The standard InChI is InChI=1S/C20H19N3O2S2/c24-20(25)16-12-26-18(23-16)19-22-15-9-8-14(11-17(15)27-19)21-10-4-7-13-5-2-1-3-6-13/h1-3,5-6,8-9,11,16,21H,4,7,10,12H2,(H,24,25)/t16-/m1/s1. The molecular formula is C20H19N3O2S2. The Bertz CT molecular complexity index is 985. The highest BCUT2D eigenvalue weighted by molar-refractivity contribution is 8.15. The smallest absolute Gasteiger partial charge is 0.329 e. The molecule has 0 bridgehead atoms. The number of benzene rings is 2. The summed E-state index contributed by atoms with van der Waals surface area (Å²) in [6.07, 6.45) is 2.13. The van der Waals surface area contributed by atoms with Crippen LogP contribution in [0.5, 0.6) is 0 Å². The number of carboxylic acids is 1. The highest BCUT2D eigenvalue weighted by Crippen LogP contribution is 2.31. The van der Waals surface area contributed by atoms with E-state index in [1.807, 2.05) is 18.2 Å². The Morgan fingerprint density at radius 3 is 2.85 bits per heavy atom. The second kappa shape index (κ2) is 8.10. The van der Waals surface area contributed by atoms with Crippen molar-refractivity contribution in [2.45, 2.75) is 18.9 Å². The van der Waals surface area contributed by atoms with Crippen LogP contribution in [0, 0.1) is 0 Å². The van der Waals surface area contributed by atoms with Gasteiger partial charge < -0.3 is 10.4 Å². The van der Waals surface area contributed by atoms with Gasteiger partial charge in [0.1, 0.15) is 10.1 Å². The van der Waals surface area contributed by atoms with Gasteiger partial charge in [0.25, 0.3) is 0 Å². The van der Waals surface area contributed by atoms with Crippen LogP contribution in [0.2, 0.25) is 0 Å². The maximum atomic E-state index is 11.1. The highest BCUT2D eigenvalue weighted by Gasteiger charge is 2.26. The van der Waals surface area contributed by atoms with E-state index in [9.17, 15) is 4.79 Å². The number of hydrogen-bond donors (Lipinski definition) is 2. The van der Waals surface area contributed by atoms with Crippen LogP contribution in [0.3, 0.4) is 0 Å². The van der Waals surface area contributed by atoms with Gasteiger partial charge >= 0.3 is 5.97 Å². The molecule has 1 aliphatic rings. The van der Waals surface area contributed by atoms with Crippen molar-refractivity contribution in [3.05, 3.63) is 59.1 Å². The molecule has 0 aliphatic carbocycles. The van der Waals surface area contributed by atoms with Crippen LogP contribution in [0.25, 0.3) is 10.2 Å². The number of aromatic nitrogens is 1. The van der Waals surface area contributed by atoms with E-state index in [0.29, 0.717) is 5.75 Å². The van der Waals surface area contributed by atoms with Crippen LogP contribution >= 0.6 is 23.1 Å². The van der Waals surface area contributed by atoms with Gasteiger partial charge in [0.05, 0.1) is 10.2 Å². The predicted octanol–water partition coefficient (Wildman–Crippen LogP) is 4.29. The van der Waals surface area contributed by atoms with Crippen molar-refractivity contribution in [1.29, 1.82) is 0 Å². The van der Waals surface area contributed by atoms with Gasteiger partial charge in [-0.1, -0.05) is 30.3 Å². The van der Waals surface area contributed by atoms with E-state index in [-0.39, 0.29) is 0 Å². The average Bonchev–Trinajstić information content (AvgIpc) is 3.32. The maximum absolute atomic E-state index is 11.1. The summed E-state index contributed by atoms with van der Waals surface area (Å²) >= 11 is 3.03. The summed E-state index contributed by atoms with van der Waals surface area (Å²) in [5.41, 5.74) is 3.36. The number of thiazole rings is 1. The molecule has 1 atom stereocenters. The number of aryl methyl sites for hydroxylation is 1. The molecule has 1 aromatic heterocycles. The molecule has 0 saturated heterocycles. The number of thioether (sulfide) groups is 1. The minimum absolute atomic E-state index is 0.481. The van der Waals surface area contributed by atoms with E-state index in [1.54, 1.807) is 11.3 Å². The van der Waals surface area contributed by atoms with Crippen molar-refractivity contribution in [1.82, 2.24) is 4.98 Å². The number of nitrogens with zero attached hydrogens (tertiary/aromatic N) is 2. The topological polar surface area (TPSA) is 74.6 Å². The van der Waals surface area contributed by atoms with E-state index < -0.39 is 12.0 Å². The molecule has 0 saturated carbocycles. The fourth-order valence-corrected chi connectivity index (χ4v) is 5.02.